The quantitative estimate of drug-likeness (QED) is 0.931. The number of carbonyl (C=O) groups excluding carboxylic acids is 1. The van der Waals surface area contributed by atoms with Gasteiger partial charge in [-0.25, -0.2) is 4.68 Å². The number of nitrogens with one attached hydrogen (secondary N) is 1. The Morgan fingerprint density at radius 1 is 1.16 bits per heavy atom. The Morgan fingerprint density at radius 3 is 2.68 bits per heavy atom. The maximum atomic E-state index is 12.9. The van der Waals surface area contributed by atoms with E-state index in [-0.39, 0.29) is 11.9 Å². The highest BCUT2D eigenvalue weighted by Gasteiger charge is 2.36. The molecule has 132 valence electrons. The standard InChI is InChI=1S/C19H25N5O/c1-14-17(15-5-3-2-4-6-15)9-12-23(14)19(25)18-13-24(22-21-18)16-7-10-20-11-8-16/h2-6,13-14,16-17,20H,7-12H2,1H3. The monoisotopic (exact) mass is 339 g/mol. The van der Waals surface area contributed by atoms with Gasteiger partial charge in [-0.1, -0.05) is 35.5 Å². The molecule has 0 saturated carbocycles. The maximum absolute atomic E-state index is 12.9. The van der Waals surface area contributed by atoms with Crippen molar-refractivity contribution in [2.75, 3.05) is 19.6 Å². The van der Waals surface area contributed by atoms with Crippen LogP contribution in [0.3, 0.4) is 0 Å². The van der Waals surface area contributed by atoms with Crippen molar-refractivity contribution in [1.29, 1.82) is 0 Å². The summed E-state index contributed by atoms with van der Waals surface area (Å²) in [5, 5.41) is 11.7. The van der Waals surface area contributed by atoms with E-state index in [0.29, 0.717) is 17.7 Å². The van der Waals surface area contributed by atoms with Crippen molar-refractivity contribution in [1.82, 2.24) is 25.2 Å². The molecule has 0 bridgehead atoms. The molecular formula is C19H25N5O. The summed E-state index contributed by atoms with van der Waals surface area (Å²) in [5.41, 5.74) is 1.78. The summed E-state index contributed by atoms with van der Waals surface area (Å²) in [4.78, 5) is 14.9. The third kappa shape index (κ3) is 3.18. The van der Waals surface area contributed by atoms with Crippen LogP contribution in [0.2, 0.25) is 0 Å². The van der Waals surface area contributed by atoms with Crippen LogP contribution in [-0.2, 0) is 0 Å². The number of amides is 1. The van der Waals surface area contributed by atoms with Crippen LogP contribution >= 0.6 is 0 Å². The van der Waals surface area contributed by atoms with Crippen molar-refractivity contribution >= 4 is 5.91 Å². The molecule has 6 nitrogen and oxygen atoms in total. The van der Waals surface area contributed by atoms with Crippen LogP contribution in [0.5, 0.6) is 0 Å². The largest absolute Gasteiger partial charge is 0.334 e. The second-order valence-corrected chi connectivity index (χ2v) is 7.11. The molecule has 25 heavy (non-hydrogen) atoms. The summed E-state index contributed by atoms with van der Waals surface area (Å²) < 4.78 is 1.88. The zero-order valence-electron chi connectivity index (χ0n) is 14.6. The third-order valence-corrected chi connectivity index (χ3v) is 5.66. The van der Waals surface area contributed by atoms with Crippen molar-refractivity contribution < 1.29 is 4.79 Å². The van der Waals surface area contributed by atoms with Gasteiger partial charge in [-0.15, -0.1) is 5.10 Å². The number of likely N-dealkylation sites (tertiary alicyclic amines) is 1. The minimum absolute atomic E-state index is 0.00566. The predicted molar refractivity (Wildman–Crippen MR) is 95.5 cm³/mol. The molecule has 1 aromatic carbocycles. The van der Waals surface area contributed by atoms with Crippen LogP contribution in [0.15, 0.2) is 36.5 Å². The van der Waals surface area contributed by atoms with E-state index < -0.39 is 0 Å². The van der Waals surface area contributed by atoms with E-state index in [9.17, 15) is 4.79 Å². The summed E-state index contributed by atoms with van der Waals surface area (Å²) in [6, 6.07) is 11.0. The molecule has 0 aliphatic carbocycles. The Bertz CT molecular complexity index is 722. The number of nitrogens with zero attached hydrogens (tertiary/aromatic N) is 4. The first-order valence-corrected chi connectivity index (χ1v) is 9.22. The Morgan fingerprint density at radius 2 is 1.92 bits per heavy atom. The molecular weight excluding hydrogens is 314 g/mol. The van der Waals surface area contributed by atoms with E-state index in [4.69, 9.17) is 0 Å². The second-order valence-electron chi connectivity index (χ2n) is 7.11. The van der Waals surface area contributed by atoms with Gasteiger partial charge in [0, 0.05) is 18.5 Å². The molecule has 2 aliphatic rings. The molecule has 2 fully saturated rings. The van der Waals surface area contributed by atoms with E-state index in [1.807, 2.05) is 21.8 Å². The zero-order valence-corrected chi connectivity index (χ0v) is 14.6. The van der Waals surface area contributed by atoms with E-state index in [0.717, 1.165) is 38.9 Å². The van der Waals surface area contributed by atoms with Crippen molar-refractivity contribution in [3.63, 3.8) is 0 Å². The fraction of sp³-hybridized carbons (Fsp3) is 0.526. The van der Waals surface area contributed by atoms with Gasteiger partial charge in [0.05, 0.1) is 12.2 Å². The summed E-state index contributed by atoms with van der Waals surface area (Å²) >= 11 is 0. The molecule has 1 aromatic heterocycles. The highest BCUT2D eigenvalue weighted by atomic mass is 16.2. The zero-order chi connectivity index (χ0) is 17.2. The molecule has 2 aliphatic heterocycles. The van der Waals surface area contributed by atoms with Crippen LogP contribution in [0.25, 0.3) is 0 Å². The lowest BCUT2D eigenvalue weighted by atomic mass is 9.93. The normalized spacial score (nSPS) is 24.6. The van der Waals surface area contributed by atoms with Gasteiger partial charge in [-0.05, 0) is 44.8 Å². The van der Waals surface area contributed by atoms with Crippen LogP contribution in [0, 0.1) is 0 Å². The number of hydrogen-bond acceptors (Lipinski definition) is 4. The van der Waals surface area contributed by atoms with Gasteiger partial charge in [-0.2, -0.15) is 0 Å². The second kappa shape index (κ2) is 6.96. The van der Waals surface area contributed by atoms with Crippen LogP contribution in [0.4, 0.5) is 0 Å². The summed E-state index contributed by atoms with van der Waals surface area (Å²) in [5.74, 6) is 0.399. The van der Waals surface area contributed by atoms with Gasteiger partial charge >= 0.3 is 0 Å². The molecule has 0 spiro atoms. The topological polar surface area (TPSA) is 63.1 Å². The molecule has 2 aromatic rings. The lowest BCUT2D eigenvalue weighted by Gasteiger charge is -2.24. The Labute approximate surface area is 148 Å². The van der Waals surface area contributed by atoms with Crippen LogP contribution in [0.1, 0.15) is 54.2 Å². The molecule has 2 unspecified atom stereocenters. The van der Waals surface area contributed by atoms with Crippen molar-refractivity contribution in [2.45, 2.75) is 44.2 Å². The molecule has 1 amide bonds. The van der Waals surface area contributed by atoms with Crippen molar-refractivity contribution in [2.24, 2.45) is 0 Å². The highest BCUT2D eigenvalue weighted by molar-refractivity contribution is 5.92. The van der Waals surface area contributed by atoms with Crippen LogP contribution in [-0.4, -0.2) is 51.5 Å². The number of benzene rings is 1. The smallest absolute Gasteiger partial charge is 0.276 e. The fourth-order valence-corrected chi connectivity index (χ4v) is 4.14. The number of aromatic nitrogens is 3. The first kappa shape index (κ1) is 16.3. The van der Waals surface area contributed by atoms with E-state index in [1.165, 1.54) is 5.56 Å². The fourth-order valence-electron chi connectivity index (χ4n) is 4.14. The molecule has 2 saturated heterocycles. The van der Waals surface area contributed by atoms with E-state index in [1.54, 1.807) is 0 Å². The first-order valence-electron chi connectivity index (χ1n) is 9.22. The molecule has 2 atom stereocenters. The maximum Gasteiger partial charge on any atom is 0.276 e. The van der Waals surface area contributed by atoms with Gasteiger partial charge in [-0.3, -0.25) is 4.79 Å². The van der Waals surface area contributed by atoms with Crippen molar-refractivity contribution in [3.8, 4) is 0 Å². The molecule has 1 N–H and O–H groups in total. The minimum atomic E-state index is 0.00566. The SMILES string of the molecule is CC1C(c2ccccc2)CCN1C(=O)c1cn(C2CCNCC2)nn1. The Balaban J connectivity index is 1.47. The highest BCUT2D eigenvalue weighted by Crippen LogP contribution is 2.33. The summed E-state index contributed by atoms with van der Waals surface area (Å²) in [6.45, 7) is 4.91. The Hall–Kier alpha value is -2.21. The number of carbonyl (C=O) groups is 1. The third-order valence-electron chi connectivity index (χ3n) is 5.66. The number of hydrogen-bond donors (Lipinski definition) is 1. The van der Waals surface area contributed by atoms with Gasteiger partial charge in [0.2, 0.25) is 0 Å². The number of rotatable bonds is 3. The summed E-state index contributed by atoms with van der Waals surface area (Å²) in [6.07, 6.45) is 4.90. The average molecular weight is 339 g/mol. The lowest BCUT2D eigenvalue weighted by molar-refractivity contribution is 0.0736. The van der Waals surface area contributed by atoms with Gasteiger partial charge in [0.25, 0.3) is 5.91 Å². The average Bonchev–Trinajstić information content (AvgIpc) is 3.30. The van der Waals surface area contributed by atoms with Gasteiger partial charge < -0.3 is 10.2 Å². The predicted octanol–water partition coefficient (Wildman–Crippen LogP) is 2.22. The summed E-state index contributed by atoms with van der Waals surface area (Å²) in [7, 11) is 0. The molecule has 0 radical (unpaired) electrons. The molecule has 3 heterocycles. The number of piperidine rings is 1. The van der Waals surface area contributed by atoms with E-state index >= 15 is 0 Å². The van der Waals surface area contributed by atoms with Gasteiger partial charge in [0.1, 0.15) is 0 Å². The lowest BCUT2D eigenvalue weighted by Crippen LogP contribution is -2.35. The molecule has 6 heteroatoms. The Kier molecular flexibility index (Phi) is 4.53. The van der Waals surface area contributed by atoms with Crippen molar-refractivity contribution in [3.05, 3.63) is 47.8 Å². The minimum Gasteiger partial charge on any atom is -0.334 e. The van der Waals surface area contributed by atoms with Gasteiger partial charge in [0.15, 0.2) is 5.69 Å². The van der Waals surface area contributed by atoms with Crippen LogP contribution < -0.4 is 5.32 Å². The van der Waals surface area contributed by atoms with E-state index in [2.05, 4.69) is 46.8 Å². The first-order chi connectivity index (χ1) is 12.2. The molecule has 4 rings (SSSR count).